The summed E-state index contributed by atoms with van der Waals surface area (Å²) in [5.41, 5.74) is 7.68. The lowest BCUT2D eigenvalue weighted by molar-refractivity contribution is -0.120. The molecular formula is C18H19ClN4O2. The molecule has 2 aromatic rings. The van der Waals surface area contributed by atoms with Gasteiger partial charge in [-0.3, -0.25) is 10.2 Å². The summed E-state index contributed by atoms with van der Waals surface area (Å²) in [7, 11) is 0. The SMILES string of the molecule is O=C(CN1CCCc2ccccc21)NNC(=O)Nc1ccc(Cl)cc1. The third-order valence-electron chi connectivity index (χ3n) is 3.96. The fourth-order valence-corrected chi connectivity index (χ4v) is 2.94. The Morgan fingerprint density at radius 1 is 1.04 bits per heavy atom. The second-order valence-electron chi connectivity index (χ2n) is 5.79. The number of para-hydroxylation sites is 1. The van der Waals surface area contributed by atoms with Gasteiger partial charge < -0.3 is 10.2 Å². The number of anilines is 2. The molecule has 0 aliphatic carbocycles. The van der Waals surface area contributed by atoms with Crippen molar-refractivity contribution < 1.29 is 9.59 Å². The maximum absolute atomic E-state index is 12.1. The van der Waals surface area contributed by atoms with Gasteiger partial charge in [0, 0.05) is 22.9 Å². The predicted octanol–water partition coefficient (Wildman–Crippen LogP) is 2.95. The maximum Gasteiger partial charge on any atom is 0.337 e. The number of carbonyl (C=O) groups is 2. The Kier molecular flexibility index (Phi) is 5.40. The van der Waals surface area contributed by atoms with Gasteiger partial charge in [0.05, 0.1) is 6.54 Å². The van der Waals surface area contributed by atoms with E-state index in [9.17, 15) is 9.59 Å². The van der Waals surface area contributed by atoms with Gasteiger partial charge in [-0.1, -0.05) is 29.8 Å². The lowest BCUT2D eigenvalue weighted by atomic mass is 10.0. The molecule has 6 nitrogen and oxygen atoms in total. The first-order valence-corrected chi connectivity index (χ1v) is 8.44. The molecule has 3 N–H and O–H groups in total. The average molecular weight is 359 g/mol. The molecular weight excluding hydrogens is 340 g/mol. The predicted molar refractivity (Wildman–Crippen MR) is 98.7 cm³/mol. The van der Waals surface area contributed by atoms with Crippen LogP contribution in [-0.2, 0) is 11.2 Å². The number of urea groups is 1. The second-order valence-corrected chi connectivity index (χ2v) is 6.22. The van der Waals surface area contributed by atoms with Crippen molar-refractivity contribution in [3.8, 4) is 0 Å². The second kappa shape index (κ2) is 7.90. The molecule has 25 heavy (non-hydrogen) atoms. The van der Waals surface area contributed by atoms with E-state index < -0.39 is 6.03 Å². The van der Waals surface area contributed by atoms with Crippen LogP contribution >= 0.6 is 11.6 Å². The minimum absolute atomic E-state index is 0.193. The number of hydrazine groups is 1. The van der Waals surface area contributed by atoms with E-state index in [1.165, 1.54) is 5.56 Å². The number of hydrogen-bond donors (Lipinski definition) is 3. The quantitative estimate of drug-likeness (QED) is 0.738. The summed E-state index contributed by atoms with van der Waals surface area (Å²) >= 11 is 5.79. The Bertz CT molecular complexity index is 764. The zero-order valence-electron chi connectivity index (χ0n) is 13.6. The van der Waals surface area contributed by atoms with Crippen LogP contribution in [-0.4, -0.2) is 25.0 Å². The van der Waals surface area contributed by atoms with E-state index >= 15 is 0 Å². The number of fused-ring (bicyclic) bond motifs is 1. The van der Waals surface area contributed by atoms with Gasteiger partial charge in [0.15, 0.2) is 0 Å². The van der Waals surface area contributed by atoms with E-state index in [4.69, 9.17) is 11.6 Å². The number of halogens is 1. The number of nitrogens with one attached hydrogen (secondary N) is 3. The lowest BCUT2D eigenvalue weighted by Crippen LogP contribution is -2.48. The highest BCUT2D eigenvalue weighted by atomic mass is 35.5. The molecule has 3 amide bonds. The Morgan fingerprint density at radius 2 is 1.80 bits per heavy atom. The Morgan fingerprint density at radius 3 is 2.60 bits per heavy atom. The highest BCUT2D eigenvalue weighted by molar-refractivity contribution is 6.30. The number of benzene rings is 2. The topological polar surface area (TPSA) is 73.5 Å². The molecule has 0 unspecified atom stereocenters. The highest BCUT2D eigenvalue weighted by Gasteiger charge is 2.18. The van der Waals surface area contributed by atoms with Crippen molar-refractivity contribution in [1.29, 1.82) is 0 Å². The van der Waals surface area contributed by atoms with Crippen molar-refractivity contribution in [3.05, 3.63) is 59.1 Å². The summed E-state index contributed by atoms with van der Waals surface area (Å²) in [5, 5.41) is 3.19. The van der Waals surface area contributed by atoms with Crippen molar-refractivity contribution in [2.24, 2.45) is 0 Å². The smallest absolute Gasteiger partial charge is 0.337 e. The van der Waals surface area contributed by atoms with E-state index in [1.54, 1.807) is 24.3 Å². The van der Waals surface area contributed by atoms with Crippen LogP contribution in [0.25, 0.3) is 0 Å². The average Bonchev–Trinajstić information content (AvgIpc) is 2.62. The van der Waals surface area contributed by atoms with Gasteiger partial charge in [-0.15, -0.1) is 0 Å². The zero-order valence-corrected chi connectivity index (χ0v) is 14.3. The first kappa shape index (κ1) is 17.1. The molecule has 0 saturated carbocycles. The third kappa shape index (κ3) is 4.64. The number of aryl methyl sites for hydroxylation is 1. The van der Waals surface area contributed by atoms with Crippen molar-refractivity contribution in [2.45, 2.75) is 12.8 Å². The lowest BCUT2D eigenvalue weighted by Gasteiger charge is -2.30. The van der Waals surface area contributed by atoms with Gasteiger partial charge in [0.25, 0.3) is 5.91 Å². The summed E-state index contributed by atoms with van der Waals surface area (Å²) in [6.07, 6.45) is 2.03. The van der Waals surface area contributed by atoms with Gasteiger partial charge in [-0.2, -0.15) is 0 Å². The molecule has 0 atom stereocenters. The molecule has 130 valence electrons. The number of hydrogen-bond acceptors (Lipinski definition) is 3. The first-order valence-electron chi connectivity index (χ1n) is 8.06. The molecule has 1 aliphatic heterocycles. The Hall–Kier alpha value is -2.73. The molecule has 3 rings (SSSR count). The van der Waals surface area contributed by atoms with Crippen molar-refractivity contribution in [1.82, 2.24) is 10.9 Å². The molecule has 2 aromatic carbocycles. The van der Waals surface area contributed by atoms with Crippen molar-refractivity contribution >= 4 is 34.9 Å². The molecule has 1 aliphatic rings. The summed E-state index contributed by atoms with van der Waals surface area (Å²) < 4.78 is 0. The van der Waals surface area contributed by atoms with Gasteiger partial charge in [-0.05, 0) is 48.7 Å². The summed E-state index contributed by atoms with van der Waals surface area (Å²) in [4.78, 5) is 25.9. The standard InChI is InChI=1S/C18H19ClN4O2/c19-14-7-9-15(10-8-14)20-18(25)22-21-17(24)12-23-11-3-5-13-4-1-2-6-16(13)23/h1-2,4,6-10H,3,5,11-12H2,(H,21,24)(H2,20,22,25). The third-order valence-corrected chi connectivity index (χ3v) is 4.21. The fraction of sp³-hybridized carbons (Fsp3) is 0.222. The molecule has 7 heteroatoms. The summed E-state index contributed by atoms with van der Waals surface area (Å²) in [6, 6.07) is 14.2. The van der Waals surface area contributed by atoms with E-state index in [-0.39, 0.29) is 12.5 Å². The molecule has 0 saturated heterocycles. The minimum atomic E-state index is -0.519. The van der Waals surface area contributed by atoms with Crippen LogP contribution in [0.2, 0.25) is 5.02 Å². The summed E-state index contributed by atoms with van der Waals surface area (Å²) in [5.74, 6) is -0.275. The zero-order chi connectivity index (χ0) is 17.6. The van der Waals surface area contributed by atoms with E-state index in [2.05, 4.69) is 22.2 Å². The van der Waals surface area contributed by atoms with Crippen LogP contribution in [0.15, 0.2) is 48.5 Å². The molecule has 0 fully saturated rings. The summed E-state index contributed by atoms with van der Waals surface area (Å²) in [6.45, 7) is 1.01. The number of carbonyl (C=O) groups excluding carboxylic acids is 2. The molecule has 0 aromatic heterocycles. The minimum Gasteiger partial charge on any atom is -0.362 e. The normalized spacial score (nSPS) is 12.9. The molecule has 0 spiro atoms. The van der Waals surface area contributed by atoms with Crippen LogP contribution < -0.4 is 21.1 Å². The number of nitrogens with zero attached hydrogens (tertiary/aromatic N) is 1. The van der Waals surface area contributed by atoms with E-state index in [0.29, 0.717) is 10.7 Å². The number of rotatable bonds is 3. The largest absolute Gasteiger partial charge is 0.362 e. The van der Waals surface area contributed by atoms with E-state index in [1.807, 2.05) is 23.1 Å². The van der Waals surface area contributed by atoms with Crippen LogP contribution in [0, 0.1) is 0 Å². The van der Waals surface area contributed by atoms with Crippen LogP contribution in [0.5, 0.6) is 0 Å². The monoisotopic (exact) mass is 358 g/mol. The van der Waals surface area contributed by atoms with Gasteiger partial charge in [-0.25, -0.2) is 10.2 Å². The molecule has 1 heterocycles. The van der Waals surface area contributed by atoms with Crippen LogP contribution in [0.3, 0.4) is 0 Å². The van der Waals surface area contributed by atoms with Crippen LogP contribution in [0.4, 0.5) is 16.2 Å². The number of amides is 3. The Balaban J connectivity index is 1.48. The van der Waals surface area contributed by atoms with Crippen LogP contribution in [0.1, 0.15) is 12.0 Å². The van der Waals surface area contributed by atoms with Gasteiger partial charge >= 0.3 is 6.03 Å². The molecule has 0 bridgehead atoms. The first-order chi connectivity index (χ1) is 12.1. The Labute approximate surface area is 151 Å². The maximum atomic E-state index is 12.1. The van der Waals surface area contributed by atoms with Crippen molar-refractivity contribution in [2.75, 3.05) is 23.3 Å². The van der Waals surface area contributed by atoms with Crippen molar-refractivity contribution in [3.63, 3.8) is 0 Å². The van der Waals surface area contributed by atoms with Gasteiger partial charge in [0.1, 0.15) is 0 Å². The highest BCUT2D eigenvalue weighted by Crippen LogP contribution is 2.26. The fourth-order valence-electron chi connectivity index (χ4n) is 2.81. The molecule has 0 radical (unpaired) electrons. The van der Waals surface area contributed by atoms with E-state index in [0.717, 1.165) is 25.1 Å². The van der Waals surface area contributed by atoms with Gasteiger partial charge in [0.2, 0.25) is 0 Å².